The lowest BCUT2D eigenvalue weighted by atomic mass is 9.83. The van der Waals surface area contributed by atoms with Gasteiger partial charge >= 0.3 is 0 Å². The summed E-state index contributed by atoms with van der Waals surface area (Å²) in [4.78, 5) is 57.8. The summed E-state index contributed by atoms with van der Waals surface area (Å²) in [5.41, 5.74) is 11.1. The van der Waals surface area contributed by atoms with Crippen LogP contribution >= 0.6 is 15.9 Å². The molecule has 1 saturated heterocycles. The van der Waals surface area contributed by atoms with Crippen molar-refractivity contribution in [1.29, 1.82) is 0 Å². The van der Waals surface area contributed by atoms with E-state index in [4.69, 9.17) is 11.5 Å². The van der Waals surface area contributed by atoms with Gasteiger partial charge in [-0.05, 0) is 68.7 Å². The van der Waals surface area contributed by atoms with Crippen LogP contribution in [0.3, 0.4) is 0 Å². The minimum atomic E-state index is -1.22. The standard InChI is InChI=1S/C27H38BrFN6O4/c28-19-12-10-18(11-13-19)24(37)34-23(17-6-2-1-3-7-17)26(39)35-15-5-9-21(35)25(38)33-20(22(36)16-29)8-4-14-32-27(30)31/h10-13,17,20-21,23H,1-9,14-16H2,(H,33,38)(H,34,37)(H4,30,31,32)/t20-,21-,23-/m0/s1. The molecule has 0 aromatic heterocycles. The van der Waals surface area contributed by atoms with Crippen LogP contribution in [0.5, 0.6) is 0 Å². The van der Waals surface area contributed by atoms with Gasteiger partial charge in [0.05, 0.1) is 6.04 Å². The molecular formula is C27H38BrFN6O4. The van der Waals surface area contributed by atoms with E-state index < -0.39 is 36.5 Å². The number of ketones is 1. The Morgan fingerprint density at radius 3 is 2.36 bits per heavy atom. The first-order valence-corrected chi connectivity index (χ1v) is 14.3. The molecule has 12 heteroatoms. The van der Waals surface area contributed by atoms with E-state index in [1.54, 1.807) is 24.3 Å². The summed E-state index contributed by atoms with van der Waals surface area (Å²) in [5.74, 6) is -2.02. The average Bonchev–Trinajstić information content (AvgIpc) is 3.43. The molecular weight excluding hydrogens is 571 g/mol. The van der Waals surface area contributed by atoms with Crippen molar-refractivity contribution in [3.63, 3.8) is 0 Å². The van der Waals surface area contributed by atoms with E-state index >= 15 is 0 Å². The number of carbonyl (C=O) groups excluding carboxylic acids is 4. The van der Waals surface area contributed by atoms with Crippen LogP contribution in [0.2, 0.25) is 0 Å². The molecule has 39 heavy (non-hydrogen) atoms. The molecule has 1 aromatic rings. The summed E-state index contributed by atoms with van der Waals surface area (Å²) in [5, 5.41) is 5.60. The van der Waals surface area contributed by atoms with E-state index in [1.165, 1.54) is 4.90 Å². The molecule has 1 aromatic carbocycles. The monoisotopic (exact) mass is 608 g/mol. The highest BCUT2D eigenvalue weighted by Crippen LogP contribution is 2.29. The van der Waals surface area contributed by atoms with Crippen LogP contribution in [0, 0.1) is 5.92 Å². The minimum absolute atomic E-state index is 0.0358. The summed E-state index contributed by atoms with van der Waals surface area (Å²) in [7, 11) is 0. The van der Waals surface area contributed by atoms with Crippen LogP contribution in [-0.2, 0) is 14.4 Å². The molecule has 3 atom stereocenters. The van der Waals surface area contributed by atoms with Gasteiger partial charge in [0.2, 0.25) is 11.8 Å². The molecule has 1 saturated carbocycles. The van der Waals surface area contributed by atoms with Crippen LogP contribution in [0.4, 0.5) is 4.39 Å². The Labute approximate surface area is 236 Å². The van der Waals surface area contributed by atoms with Crippen molar-refractivity contribution in [3.05, 3.63) is 34.3 Å². The first-order valence-electron chi connectivity index (χ1n) is 13.5. The lowest BCUT2D eigenvalue weighted by molar-refractivity contribution is -0.141. The maximum atomic E-state index is 13.9. The molecule has 214 valence electrons. The van der Waals surface area contributed by atoms with Gasteiger partial charge in [0.1, 0.15) is 18.8 Å². The summed E-state index contributed by atoms with van der Waals surface area (Å²) in [6, 6.07) is 4.28. The van der Waals surface area contributed by atoms with Crippen molar-refractivity contribution in [2.75, 3.05) is 19.8 Å². The van der Waals surface area contributed by atoms with Gasteiger partial charge < -0.3 is 27.0 Å². The van der Waals surface area contributed by atoms with Crippen LogP contribution in [-0.4, -0.2) is 72.3 Å². The smallest absolute Gasteiger partial charge is 0.251 e. The number of benzene rings is 1. The zero-order valence-electron chi connectivity index (χ0n) is 22.0. The fourth-order valence-corrected chi connectivity index (χ4v) is 5.60. The number of halogens is 2. The molecule has 1 aliphatic carbocycles. The summed E-state index contributed by atoms with van der Waals surface area (Å²) < 4.78 is 14.1. The molecule has 0 bridgehead atoms. The van der Waals surface area contributed by atoms with Crippen LogP contribution in [0.25, 0.3) is 0 Å². The Morgan fingerprint density at radius 2 is 1.72 bits per heavy atom. The van der Waals surface area contributed by atoms with Crippen molar-refractivity contribution in [1.82, 2.24) is 15.5 Å². The summed E-state index contributed by atoms with van der Waals surface area (Å²) >= 11 is 3.36. The van der Waals surface area contributed by atoms with Crippen LogP contribution < -0.4 is 22.1 Å². The molecule has 2 fully saturated rings. The van der Waals surface area contributed by atoms with Crippen molar-refractivity contribution in [2.24, 2.45) is 22.4 Å². The number of Topliss-reactive ketones (excluding diaryl/α,β-unsaturated/α-hetero) is 1. The van der Waals surface area contributed by atoms with Crippen molar-refractivity contribution in [2.45, 2.75) is 75.9 Å². The molecule has 10 nitrogen and oxygen atoms in total. The third kappa shape index (κ3) is 8.74. The third-order valence-corrected chi connectivity index (χ3v) is 7.93. The second-order valence-corrected chi connectivity index (χ2v) is 11.1. The number of rotatable bonds is 12. The SMILES string of the molecule is NC(N)=NCCC[C@H](NC(=O)[C@@H]1CCCN1C(=O)[C@@H](NC(=O)c1ccc(Br)cc1)C1CCCCC1)C(=O)CF. The predicted octanol–water partition coefficient (Wildman–Crippen LogP) is 2.20. The summed E-state index contributed by atoms with van der Waals surface area (Å²) in [6.07, 6.45) is 6.20. The Kier molecular flexibility index (Phi) is 11.7. The molecule has 1 aliphatic heterocycles. The molecule has 0 unspecified atom stereocenters. The summed E-state index contributed by atoms with van der Waals surface area (Å²) in [6.45, 7) is -0.615. The Bertz CT molecular complexity index is 1040. The maximum Gasteiger partial charge on any atom is 0.251 e. The van der Waals surface area contributed by atoms with E-state index in [2.05, 4.69) is 31.6 Å². The lowest BCUT2D eigenvalue weighted by Crippen LogP contribution is -2.57. The number of amides is 3. The number of alkyl halides is 1. The number of aliphatic imine (C=N–C) groups is 1. The highest BCUT2D eigenvalue weighted by molar-refractivity contribution is 9.10. The topological polar surface area (TPSA) is 160 Å². The molecule has 0 spiro atoms. The number of carbonyl (C=O) groups is 4. The Balaban J connectivity index is 1.73. The quantitative estimate of drug-likeness (QED) is 0.162. The first kappa shape index (κ1) is 30.5. The molecule has 2 aliphatic rings. The predicted molar refractivity (Wildman–Crippen MR) is 150 cm³/mol. The fourth-order valence-electron chi connectivity index (χ4n) is 5.33. The molecule has 6 N–H and O–H groups in total. The number of hydrogen-bond acceptors (Lipinski definition) is 5. The number of nitrogens with two attached hydrogens (primary N) is 2. The van der Waals surface area contributed by atoms with Crippen molar-refractivity contribution < 1.29 is 23.6 Å². The number of likely N-dealkylation sites (tertiary alicyclic amines) is 1. The van der Waals surface area contributed by atoms with Gasteiger partial charge in [0.15, 0.2) is 11.7 Å². The fraction of sp³-hybridized carbons (Fsp3) is 0.593. The van der Waals surface area contributed by atoms with Crippen molar-refractivity contribution >= 4 is 45.4 Å². The van der Waals surface area contributed by atoms with Crippen LogP contribution in [0.15, 0.2) is 33.7 Å². The van der Waals surface area contributed by atoms with Crippen molar-refractivity contribution in [3.8, 4) is 0 Å². The highest BCUT2D eigenvalue weighted by Gasteiger charge is 2.41. The van der Waals surface area contributed by atoms with E-state index in [9.17, 15) is 23.6 Å². The number of nitrogens with one attached hydrogen (secondary N) is 2. The number of hydrogen-bond donors (Lipinski definition) is 4. The van der Waals surface area contributed by atoms with Gasteiger partial charge in [-0.2, -0.15) is 0 Å². The normalized spacial score (nSPS) is 19.1. The Morgan fingerprint density at radius 1 is 1.03 bits per heavy atom. The van der Waals surface area contributed by atoms with E-state index in [1.807, 2.05) is 0 Å². The van der Waals surface area contributed by atoms with Gasteiger partial charge in [-0.3, -0.25) is 24.2 Å². The van der Waals surface area contributed by atoms with Gasteiger partial charge in [0.25, 0.3) is 5.91 Å². The second-order valence-electron chi connectivity index (χ2n) is 10.2. The van der Waals surface area contributed by atoms with Gasteiger partial charge in [-0.25, -0.2) is 4.39 Å². The van der Waals surface area contributed by atoms with E-state index in [-0.39, 0.29) is 36.7 Å². The number of nitrogens with zero attached hydrogens (tertiary/aromatic N) is 2. The Hall–Kier alpha value is -3.02. The van der Waals surface area contributed by atoms with E-state index in [0.29, 0.717) is 31.4 Å². The van der Waals surface area contributed by atoms with Gasteiger partial charge in [0, 0.05) is 23.1 Å². The zero-order chi connectivity index (χ0) is 28.4. The molecule has 1 heterocycles. The molecule has 3 rings (SSSR count). The first-order chi connectivity index (χ1) is 18.7. The maximum absolute atomic E-state index is 13.9. The average molecular weight is 610 g/mol. The minimum Gasteiger partial charge on any atom is -0.370 e. The second kappa shape index (κ2) is 14.9. The van der Waals surface area contributed by atoms with Gasteiger partial charge in [-0.1, -0.05) is 35.2 Å². The zero-order valence-corrected chi connectivity index (χ0v) is 23.6. The van der Waals surface area contributed by atoms with Gasteiger partial charge in [-0.15, -0.1) is 0 Å². The lowest BCUT2D eigenvalue weighted by Gasteiger charge is -2.35. The molecule has 3 amide bonds. The largest absolute Gasteiger partial charge is 0.370 e. The highest BCUT2D eigenvalue weighted by atomic mass is 79.9. The number of guanidine groups is 1. The third-order valence-electron chi connectivity index (χ3n) is 7.40. The van der Waals surface area contributed by atoms with Crippen LogP contribution in [0.1, 0.15) is 68.1 Å². The van der Waals surface area contributed by atoms with E-state index in [0.717, 1.165) is 36.6 Å². The molecule has 0 radical (unpaired) electrons.